The van der Waals surface area contributed by atoms with E-state index in [2.05, 4.69) is 15.2 Å². The minimum Gasteiger partial charge on any atom is -0.365 e. The summed E-state index contributed by atoms with van der Waals surface area (Å²) < 4.78 is 0. The molecule has 0 unspecified atom stereocenters. The van der Waals surface area contributed by atoms with Crippen LogP contribution in [0.1, 0.15) is 49.0 Å². The molecule has 1 amide bonds. The van der Waals surface area contributed by atoms with Gasteiger partial charge < -0.3 is 10.2 Å². The summed E-state index contributed by atoms with van der Waals surface area (Å²) in [6.07, 6.45) is 8.75. The molecular formula is C19H28N4OS. The average Bonchev–Trinajstić information content (AvgIpc) is 3.09. The Morgan fingerprint density at radius 3 is 2.24 bits per heavy atom. The normalized spacial score (nSPS) is 37.5. The third-order valence-electron chi connectivity index (χ3n) is 7.18. The molecule has 25 heavy (non-hydrogen) atoms. The van der Waals surface area contributed by atoms with E-state index in [-0.39, 0.29) is 5.91 Å². The fraction of sp³-hybridized carbons (Fsp3) is 0.789. The first-order valence-corrected chi connectivity index (χ1v) is 10.7. The maximum Gasteiger partial charge on any atom is 0.273 e. The molecule has 1 aliphatic heterocycles. The highest BCUT2D eigenvalue weighted by Gasteiger charge is 2.53. The molecule has 5 aliphatic rings. The molecule has 0 aromatic carbocycles. The summed E-state index contributed by atoms with van der Waals surface area (Å²) in [6, 6.07) is 0. The summed E-state index contributed by atoms with van der Waals surface area (Å²) in [4.78, 5) is 21.9. The molecule has 136 valence electrons. The summed E-state index contributed by atoms with van der Waals surface area (Å²) in [5, 5.41) is 5.70. The first-order chi connectivity index (χ1) is 12.1. The molecule has 0 spiro atoms. The summed E-state index contributed by atoms with van der Waals surface area (Å²) in [5.41, 5.74) is 1.07. The quantitative estimate of drug-likeness (QED) is 0.900. The predicted molar refractivity (Wildman–Crippen MR) is 100 cm³/mol. The van der Waals surface area contributed by atoms with Crippen LogP contribution < -0.4 is 5.32 Å². The lowest BCUT2D eigenvalue weighted by atomic mass is 9.52. The Kier molecular flexibility index (Phi) is 3.82. The van der Waals surface area contributed by atoms with Gasteiger partial charge in [-0.25, -0.2) is 4.98 Å². The minimum absolute atomic E-state index is 0.0999. The second-order valence-electron chi connectivity index (χ2n) is 8.71. The first-order valence-electron chi connectivity index (χ1n) is 9.83. The second-order valence-corrected chi connectivity index (χ2v) is 9.57. The van der Waals surface area contributed by atoms with Crippen LogP contribution in [0.25, 0.3) is 0 Å². The zero-order chi connectivity index (χ0) is 17.0. The van der Waals surface area contributed by atoms with Gasteiger partial charge >= 0.3 is 0 Å². The Morgan fingerprint density at radius 1 is 1.12 bits per heavy atom. The van der Waals surface area contributed by atoms with E-state index in [1.165, 1.54) is 49.9 Å². The summed E-state index contributed by atoms with van der Waals surface area (Å²) in [5.74, 6) is 3.06. The maximum absolute atomic E-state index is 12.7. The van der Waals surface area contributed by atoms with Crippen molar-refractivity contribution < 1.29 is 4.79 Å². The van der Waals surface area contributed by atoms with Crippen LogP contribution in [0.3, 0.4) is 0 Å². The van der Waals surface area contributed by atoms with Gasteiger partial charge in [0.1, 0.15) is 5.69 Å². The van der Waals surface area contributed by atoms with Crippen LogP contribution in [0.15, 0.2) is 5.38 Å². The fourth-order valence-corrected chi connectivity index (χ4v) is 7.13. The number of aromatic nitrogens is 1. The Bertz CT molecular complexity index is 629. The van der Waals surface area contributed by atoms with Crippen LogP contribution in [0.5, 0.6) is 0 Å². The van der Waals surface area contributed by atoms with Crippen molar-refractivity contribution >= 4 is 22.4 Å². The van der Waals surface area contributed by atoms with E-state index < -0.39 is 0 Å². The molecule has 4 aliphatic carbocycles. The van der Waals surface area contributed by atoms with Crippen molar-refractivity contribution in [3.05, 3.63) is 11.1 Å². The number of anilines is 1. The summed E-state index contributed by atoms with van der Waals surface area (Å²) >= 11 is 1.50. The molecule has 1 aromatic heterocycles. The van der Waals surface area contributed by atoms with Crippen LogP contribution >= 0.6 is 11.3 Å². The lowest BCUT2D eigenvalue weighted by Gasteiger charge is -2.61. The number of amides is 1. The van der Waals surface area contributed by atoms with E-state index in [1.807, 2.05) is 17.3 Å². The van der Waals surface area contributed by atoms with E-state index in [4.69, 9.17) is 0 Å². The molecule has 1 N–H and O–H groups in total. The molecule has 0 radical (unpaired) electrons. The van der Waals surface area contributed by atoms with Gasteiger partial charge in [-0.3, -0.25) is 9.69 Å². The van der Waals surface area contributed by atoms with Crippen molar-refractivity contribution in [2.75, 3.05) is 38.5 Å². The zero-order valence-corrected chi connectivity index (χ0v) is 15.9. The van der Waals surface area contributed by atoms with Crippen LogP contribution in [0, 0.1) is 17.8 Å². The summed E-state index contributed by atoms with van der Waals surface area (Å²) in [7, 11) is 1.84. The largest absolute Gasteiger partial charge is 0.365 e. The average molecular weight is 361 g/mol. The van der Waals surface area contributed by atoms with Gasteiger partial charge in [-0.1, -0.05) is 0 Å². The van der Waals surface area contributed by atoms with Gasteiger partial charge in [0.15, 0.2) is 5.13 Å². The highest BCUT2D eigenvalue weighted by molar-refractivity contribution is 7.13. The molecule has 1 saturated heterocycles. The SMILES string of the molecule is CNc1nc(C(=O)N2CCN(C34CC5CC(CC(C5)C3)C4)CC2)cs1. The van der Waals surface area contributed by atoms with E-state index in [0.717, 1.165) is 49.1 Å². The molecule has 4 saturated carbocycles. The maximum atomic E-state index is 12.7. The number of rotatable bonds is 3. The second kappa shape index (κ2) is 5.95. The Morgan fingerprint density at radius 2 is 1.72 bits per heavy atom. The van der Waals surface area contributed by atoms with Gasteiger partial charge in [0.25, 0.3) is 5.91 Å². The monoisotopic (exact) mass is 360 g/mol. The summed E-state index contributed by atoms with van der Waals surface area (Å²) in [6.45, 7) is 3.79. The molecule has 6 heteroatoms. The van der Waals surface area contributed by atoms with Crippen LogP contribution in [-0.4, -0.2) is 59.5 Å². The molecule has 1 aromatic rings. The van der Waals surface area contributed by atoms with Crippen molar-refractivity contribution in [2.45, 2.75) is 44.1 Å². The highest BCUT2D eigenvalue weighted by atomic mass is 32.1. The van der Waals surface area contributed by atoms with E-state index in [9.17, 15) is 4.79 Å². The first kappa shape index (κ1) is 16.1. The van der Waals surface area contributed by atoms with Gasteiger partial charge in [-0.2, -0.15) is 0 Å². The minimum atomic E-state index is 0.0999. The van der Waals surface area contributed by atoms with Crippen molar-refractivity contribution in [2.24, 2.45) is 17.8 Å². The number of hydrogen-bond acceptors (Lipinski definition) is 5. The molecule has 5 nitrogen and oxygen atoms in total. The number of carbonyl (C=O) groups is 1. The van der Waals surface area contributed by atoms with Gasteiger partial charge in [0.2, 0.25) is 0 Å². The number of nitrogens with one attached hydrogen (secondary N) is 1. The van der Waals surface area contributed by atoms with Gasteiger partial charge in [-0.05, 0) is 56.3 Å². The zero-order valence-electron chi connectivity index (χ0n) is 15.0. The van der Waals surface area contributed by atoms with Crippen molar-refractivity contribution in [3.63, 3.8) is 0 Å². The predicted octanol–water partition coefficient (Wildman–Crippen LogP) is 2.91. The molecular weight excluding hydrogens is 332 g/mol. The Balaban J connectivity index is 1.25. The third-order valence-corrected chi connectivity index (χ3v) is 8.04. The highest BCUT2D eigenvalue weighted by Crippen LogP contribution is 2.57. The number of carbonyl (C=O) groups excluding carboxylic acids is 1. The standard InChI is InChI=1S/C19H28N4OS/c1-20-18-21-16(12-25-18)17(24)22-2-4-23(5-3-22)19-9-13-6-14(10-19)8-15(7-13)11-19/h12-15H,2-11H2,1H3,(H,20,21). The Labute approximate surface area is 153 Å². The lowest BCUT2D eigenvalue weighted by Crippen LogP contribution is -2.64. The van der Waals surface area contributed by atoms with Gasteiger partial charge in [-0.15, -0.1) is 11.3 Å². The number of thiazole rings is 1. The van der Waals surface area contributed by atoms with Crippen LogP contribution in [-0.2, 0) is 0 Å². The molecule has 6 rings (SSSR count). The molecule has 4 bridgehead atoms. The number of piperazine rings is 1. The topological polar surface area (TPSA) is 48.5 Å². The number of nitrogens with zero attached hydrogens (tertiary/aromatic N) is 3. The van der Waals surface area contributed by atoms with Crippen molar-refractivity contribution in [3.8, 4) is 0 Å². The molecule has 5 fully saturated rings. The van der Waals surface area contributed by atoms with E-state index in [0.29, 0.717) is 11.2 Å². The third kappa shape index (κ3) is 2.69. The molecule has 2 heterocycles. The lowest BCUT2D eigenvalue weighted by molar-refractivity contribution is -0.0987. The van der Waals surface area contributed by atoms with Gasteiger partial charge in [0.05, 0.1) is 0 Å². The van der Waals surface area contributed by atoms with E-state index >= 15 is 0 Å². The number of hydrogen-bond donors (Lipinski definition) is 1. The molecule has 0 atom stereocenters. The van der Waals surface area contributed by atoms with E-state index in [1.54, 1.807) is 0 Å². The Hall–Kier alpha value is -1.14. The van der Waals surface area contributed by atoms with Crippen molar-refractivity contribution in [1.82, 2.24) is 14.8 Å². The fourth-order valence-electron chi connectivity index (χ4n) is 6.48. The smallest absolute Gasteiger partial charge is 0.273 e. The van der Waals surface area contributed by atoms with Crippen LogP contribution in [0.4, 0.5) is 5.13 Å². The van der Waals surface area contributed by atoms with Gasteiger partial charge in [0, 0.05) is 44.1 Å². The van der Waals surface area contributed by atoms with Crippen molar-refractivity contribution in [1.29, 1.82) is 0 Å². The van der Waals surface area contributed by atoms with Crippen LogP contribution in [0.2, 0.25) is 0 Å².